The molecule has 0 radical (unpaired) electrons. The van der Waals surface area contributed by atoms with Crippen LogP contribution in [-0.4, -0.2) is 99.5 Å². The Morgan fingerprint density at radius 2 is 1.80 bits per heavy atom. The fourth-order valence-electron chi connectivity index (χ4n) is 5.10. The summed E-state index contributed by atoms with van der Waals surface area (Å²) in [4.78, 5) is 12.1. The number of benzene rings is 1. The maximum absolute atomic E-state index is 12.1. The molecule has 11 atom stereocenters. The van der Waals surface area contributed by atoms with Crippen LogP contribution in [0.2, 0.25) is 0 Å². The molecule has 1 aromatic rings. The SMILES string of the molecule is O=C(/C=C/c1ccccc1)OC[C@H]1O[C@@H](O[C@@H]2OC=C[C@H]3[C@H](O)[C@@H]4O[C@]4(CO)[C@@H]23)[C@@H](O)[C@@H](O)[C@@H]1O. The van der Waals surface area contributed by atoms with Crippen LogP contribution >= 0.6 is 0 Å². The molecule has 0 bridgehead atoms. The summed E-state index contributed by atoms with van der Waals surface area (Å²) in [5, 5.41) is 51.5. The summed E-state index contributed by atoms with van der Waals surface area (Å²) >= 11 is 0. The number of aliphatic hydroxyl groups excluding tert-OH is 5. The second kappa shape index (κ2) is 9.60. The summed E-state index contributed by atoms with van der Waals surface area (Å²) in [5.41, 5.74) is -0.248. The standard InChI is InChI=1S/C24H28O11/c25-11-24-16-13(17(27)21(24)35-24)8-9-31-22(16)34-23-20(30)19(29)18(28)14(33-23)10-32-15(26)7-6-12-4-2-1-3-5-12/h1-9,13-14,16-23,25,27-30H,10-11H2/b7-6+/t13-,14-,16-,17+,18-,19+,20+,21+,22+,23+,24-/m1/s1. The molecule has 0 aromatic heterocycles. The summed E-state index contributed by atoms with van der Waals surface area (Å²) in [6.07, 6.45) is -4.23. The van der Waals surface area contributed by atoms with E-state index in [1.807, 2.05) is 30.3 Å². The first-order valence-corrected chi connectivity index (χ1v) is 11.4. The van der Waals surface area contributed by atoms with Gasteiger partial charge in [0.2, 0.25) is 6.29 Å². The van der Waals surface area contributed by atoms with Crippen molar-refractivity contribution in [2.24, 2.45) is 11.8 Å². The second-order valence-corrected chi connectivity index (χ2v) is 9.10. The molecule has 4 aliphatic rings. The smallest absolute Gasteiger partial charge is 0.330 e. The van der Waals surface area contributed by atoms with Gasteiger partial charge in [-0.15, -0.1) is 0 Å². The summed E-state index contributed by atoms with van der Waals surface area (Å²) in [7, 11) is 0. The van der Waals surface area contributed by atoms with Gasteiger partial charge < -0.3 is 49.2 Å². The summed E-state index contributed by atoms with van der Waals surface area (Å²) in [6, 6.07) is 9.11. The van der Waals surface area contributed by atoms with Crippen LogP contribution in [0.25, 0.3) is 6.08 Å². The van der Waals surface area contributed by atoms with E-state index < -0.39 is 79.2 Å². The molecule has 0 spiro atoms. The number of hydrogen-bond donors (Lipinski definition) is 5. The third kappa shape index (κ3) is 4.39. The topological polar surface area (TPSA) is 168 Å². The molecule has 5 rings (SSSR count). The van der Waals surface area contributed by atoms with Crippen molar-refractivity contribution in [2.45, 2.75) is 54.8 Å². The largest absolute Gasteiger partial charge is 0.472 e. The van der Waals surface area contributed by atoms with Crippen LogP contribution in [0.4, 0.5) is 0 Å². The highest BCUT2D eigenvalue weighted by atomic mass is 16.8. The van der Waals surface area contributed by atoms with Crippen LogP contribution in [0.3, 0.4) is 0 Å². The molecule has 0 amide bonds. The van der Waals surface area contributed by atoms with Crippen molar-refractivity contribution in [3.8, 4) is 0 Å². The normalized spacial score (nSPS) is 43.9. The number of ether oxygens (including phenoxy) is 5. The number of aliphatic hydroxyl groups is 5. The van der Waals surface area contributed by atoms with Gasteiger partial charge in [0.05, 0.1) is 24.9 Å². The number of carbonyl (C=O) groups is 1. The number of fused-ring (bicyclic) bond motifs is 3. The molecule has 5 N–H and O–H groups in total. The van der Waals surface area contributed by atoms with Crippen molar-refractivity contribution in [1.82, 2.24) is 0 Å². The molecule has 2 saturated heterocycles. The van der Waals surface area contributed by atoms with Crippen molar-refractivity contribution < 1.29 is 54.0 Å². The molecule has 0 unspecified atom stereocenters. The van der Waals surface area contributed by atoms with Gasteiger partial charge in [0.1, 0.15) is 42.7 Å². The van der Waals surface area contributed by atoms with Gasteiger partial charge in [0, 0.05) is 12.0 Å². The average molecular weight is 492 g/mol. The quantitative estimate of drug-likeness (QED) is 0.174. The predicted molar refractivity (Wildman–Crippen MR) is 116 cm³/mol. The highest BCUT2D eigenvalue weighted by molar-refractivity contribution is 5.87. The molecule has 35 heavy (non-hydrogen) atoms. The average Bonchev–Trinajstić information content (AvgIpc) is 3.57. The van der Waals surface area contributed by atoms with Gasteiger partial charge in [-0.1, -0.05) is 30.3 Å². The number of rotatable bonds is 7. The van der Waals surface area contributed by atoms with Gasteiger partial charge in [-0.25, -0.2) is 4.79 Å². The Kier molecular flexibility index (Phi) is 6.68. The van der Waals surface area contributed by atoms with Crippen LogP contribution in [-0.2, 0) is 28.5 Å². The third-order valence-corrected chi connectivity index (χ3v) is 7.05. The minimum atomic E-state index is -1.65. The van der Waals surface area contributed by atoms with Crippen molar-refractivity contribution in [3.05, 3.63) is 54.3 Å². The highest BCUT2D eigenvalue weighted by Gasteiger charge is 2.75. The lowest BCUT2D eigenvalue weighted by Crippen LogP contribution is -2.60. The van der Waals surface area contributed by atoms with E-state index in [0.717, 1.165) is 5.56 Å². The van der Waals surface area contributed by atoms with Gasteiger partial charge in [-0.3, -0.25) is 0 Å². The molecular formula is C24H28O11. The van der Waals surface area contributed by atoms with Crippen molar-refractivity contribution in [2.75, 3.05) is 13.2 Å². The van der Waals surface area contributed by atoms with E-state index in [9.17, 15) is 30.3 Å². The van der Waals surface area contributed by atoms with Crippen LogP contribution in [0.5, 0.6) is 0 Å². The first-order chi connectivity index (χ1) is 16.9. The Balaban J connectivity index is 1.22. The Bertz CT molecular complexity index is 967. The van der Waals surface area contributed by atoms with E-state index in [0.29, 0.717) is 0 Å². The summed E-state index contributed by atoms with van der Waals surface area (Å²) < 4.78 is 27.7. The molecule has 190 valence electrons. The third-order valence-electron chi connectivity index (χ3n) is 7.05. The van der Waals surface area contributed by atoms with Gasteiger partial charge in [0.15, 0.2) is 6.29 Å². The van der Waals surface area contributed by atoms with Crippen LogP contribution in [0.15, 0.2) is 48.7 Å². The molecule has 3 aliphatic heterocycles. The minimum Gasteiger partial charge on any atom is -0.472 e. The number of esters is 1. The van der Waals surface area contributed by atoms with Crippen LogP contribution in [0.1, 0.15) is 5.56 Å². The molecule has 1 aliphatic carbocycles. The monoisotopic (exact) mass is 492 g/mol. The Morgan fingerprint density at radius 1 is 1.03 bits per heavy atom. The minimum absolute atomic E-state index is 0.364. The second-order valence-electron chi connectivity index (χ2n) is 9.10. The van der Waals surface area contributed by atoms with Crippen LogP contribution in [0, 0.1) is 11.8 Å². The molecule has 1 saturated carbocycles. The van der Waals surface area contributed by atoms with Gasteiger partial charge in [-0.2, -0.15) is 0 Å². The van der Waals surface area contributed by atoms with Crippen molar-refractivity contribution in [1.29, 1.82) is 0 Å². The molecule has 1 aromatic carbocycles. The molecular weight excluding hydrogens is 464 g/mol. The van der Waals surface area contributed by atoms with Crippen molar-refractivity contribution in [3.63, 3.8) is 0 Å². The van der Waals surface area contributed by atoms with Crippen molar-refractivity contribution >= 4 is 12.0 Å². The Morgan fingerprint density at radius 3 is 2.54 bits per heavy atom. The lowest BCUT2D eigenvalue weighted by molar-refractivity contribution is -0.344. The van der Waals surface area contributed by atoms with E-state index in [1.165, 1.54) is 12.3 Å². The van der Waals surface area contributed by atoms with E-state index in [2.05, 4.69) is 0 Å². The lowest BCUT2D eigenvalue weighted by atomic mass is 9.85. The maximum atomic E-state index is 12.1. The van der Waals surface area contributed by atoms with Crippen LogP contribution < -0.4 is 0 Å². The lowest BCUT2D eigenvalue weighted by Gasteiger charge is -2.43. The Hall–Kier alpha value is -2.35. The zero-order valence-corrected chi connectivity index (χ0v) is 18.6. The van der Waals surface area contributed by atoms with E-state index in [4.69, 9.17) is 23.7 Å². The fourth-order valence-corrected chi connectivity index (χ4v) is 5.10. The fraction of sp³-hybridized carbons (Fsp3) is 0.542. The van der Waals surface area contributed by atoms with Gasteiger partial charge >= 0.3 is 5.97 Å². The summed E-state index contributed by atoms with van der Waals surface area (Å²) in [6.45, 7) is -0.776. The molecule has 11 nitrogen and oxygen atoms in total. The molecule has 11 heteroatoms. The molecule has 3 fully saturated rings. The molecule has 3 heterocycles. The number of epoxide rings is 1. The zero-order chi connectivity index (χ0) is 24.7. The van der Waals surface area contributed by atoms with E-state index in [-0.39, 0.29) is 6.61 Å². The van der Waals surface area contributed by atoms with Gasteiger partial charge in [-0.05, 0) is 17.7 Å². The summed E-state index contributed by atoms with van der Waals surface area (Å²) in [5.74, 6) is -1.70. The highest BCUT2D eigenvalue weighted by Crippen LogP contribution is 2.59. The van der Waals surface area contributed by atoms with Gasteiger partial charge in [0.25, 0.3) is 0 Å². The first kappa shape index (κ1) is 24.3. The predicted octanol–water partition coefficient (Wildman–Crippen LogP) is -1.33. The van der Waals surface area contributed by atoms with E-state index in [1.54, 1.807) is 12.2 Å². The maximum Gasteiger partial charge on any atom is 0.330 e. The number of carbonyl (C=O) groups excluding carboxylic acids is 1. The first-order valence-electron chi connectivity index (χ1n) is 11.4. The zero-order valence-electron chi connectivity index (χ0n) is 18.6. The Labute approximate surface area is 200 Å². The number of hydrogen-bond acceptors (Lipinski definition) is 11. The van der Waals surface area contributed by atoms with E-state index >= 15 is 0 Å².